The summed E-state index contributed by atoms with van der Waals surface area (Å²) < 4.78 is 0. The maximum Gasteiger partial charge on any atom is 0.165 e. The van der Waals surface area contributed by atoms with Crippen molar-refractivity contribution in [3.63, 3.8) is 0 Å². The molecule has 98 valence electrons. The van der Waals surface area contributed by atoms with E-state index in [4.69, 9.17) is 0 Å². The first-order chi connectivity index (χ1) is 9.23. The van der Waals surface area contributed by atoms with Crippen molar-refractivity contribution < 1.29 is 4.79 Å². The minimum atomic E-state index is 0.169. The summed E-state index contributed by atoms with van der Waals surface area (Å²) in [6.45, 7) is 2.03. The normalized spacial score (nSPS) is 56.3. The highest BCUT2D eigenvalue weighted by Crippen LogP contribution is 2.72. The molecule has 7 unspecified atom stereocenters. The summed E-state index contributed by atoms with van der Waals surface area (Å²) in [5, 5.41) is 0. The van der Waals surface area contributed by atoms with Crippen LogP contribution in [0.5, 0.6) is 0 Å². The quantitative estimate of drug-likeness (QED) is 0.603. The maximum atomic E-state index is 12.8. The molecule has 0 aromatic heterocycles. The number of ketones is 1. The fraction of sp³-hybridized carbons (Fsp3) is 0.611. The fourth-order valence-corrected chi connectivity index (χ4v) is 6.45. The van der Waals surface area contributed by atoms with Crippen LogP contribution in [0.15, 0.2) is 36.0 Å². The Bertz CT molecular complexity index is 566. The molecule has 0 radical (unpaired) electrons. The number of hydrogen-bond donors (Lipinski definition) is 0. The summed E-state index contributed by atoms with van der Waals surface area (Å²) in [6.07, 6.45) is 15.9. The molecule has 1 heteroatoms. The summed E-state index contributed by atoms with van der Waals surface area (Å²) >= 11 is 0. The van der Waals surface area contributed by atoms with E-state index in [1.165, 1.54) is 19.3 Å². The van der Waals surface area contributed by atoms with Crippen molar-refractivity contribution in [3.05, 3.63) is 36.0 Å². The number of Topliss-reactive ketones (excluding diaryl/α,β-unsaturated/α-hetero) is 1. The summed E-state index contributed by atoms with van der Waals surface area (Å²) in [5.74, 6) is 4.02. The molecule has 0 amide bonds. The van der Waals surface area contributed by atoms with Gasteiger partial charge in [0.1, 0.15) is 0 Å². The van der Waals surface area contributed by atoms with Crippen LogP contribution >= 0.6 is 0 Å². The Hall–Kier alpha value is -1.11. The van der Waals surface area contributed by atoms with Crippen LogP contribution in [0.25, 0.3) is 0 Å². The second kappa shape index (κ2) is 3.13. The van der Waals surface area contributed by atoms with E-state index in [9.17, 15) is 4.79 Å². The van der Waals surface area contributed by atoms with Gasteiger partial charge < -0.3 is 0 Å². The van der Waals surface area contributed by atoms with Crippen molar-refractivity contribution in [2.75, 3.05) is 0 Å². The van der Waals surface area contributed by atoms with Crippen molar-refractivity contribution in [2.45, 2.75) is 26.2 Å². The molecule has 0 aromatic rings. The van der Waals surface area contributed by atoms with Gasteiger partial charge in [-0.25, -0.2) is 0 Å². The summed E-state index contributed by atoms with van der Waals surface area (Å²) in [5.41, 5.74) is 1.28. The van der Waals surface area contributed by atoms with E-state index in [0.29, 0.717) is 23.5 Å². The number of allylic oxidation sites excluding steroid dienone is 6. The molecule has 0 aromatic carbocycles. The second-order valence-electron chi connectivity index (χ2n) is 7.36. The monoisotopic (exact) mass is 252 g/mol. The first-order valence-corrected chi connectivity index (χ1v) is 7.82. The lowest BCUT2D eigenvalue weighted by Crippen LogP contribution is -2.49. The Morgan fingerprint density at radius 3 is 2.84 bits per heavy atom. The van der Waals surface area contributed by atoms with Crippen molar-refractivity contribution in [2.24, 2.45) is 40.9 Å². The Labute approximate surface area is 114 Å². The van der Waals surface area contributed by atoms with Crippen LogP contribution in [0.2, 0.25) is 0 Å². The van der Waals surface area contributed by atoms with Crippen LogP contribution < -0.4 is 0 Å². The van der Waals surface area contributed by atoms with E-state index >= 15 is 0 Å². The van der Waals surface area contributed by atoms with Gasteiger partial charge in [0.2, 0.25) is 0 Å². The van der Waals surface area contributed by atoms with Gasteiger partial charge in [-0.15, -0.1) is 0 Å². The van der Waals surface area contributed by atoms with Gasteiger partial charge in [0.15, 0.2) is 5.78 Å². The highest BCUT2D eigenvalue weighted by molar-refractivity contribution is 5.99. The zero-order chi connectivity index (χ0) is 12.8. The SMILES string of the molecule is CC1=CC2C=CC(C1=O)C13C4CCC(C4)C1C=CC23. The minimum absolute atomic E-state index is 0.169. The fourth-order valence-electron chi connectivity index (χ4n) is 6.45. The number of rotatable bonds is 0. The van der Waals surface area contributed by atoms with Crippen LogP contribution in [-0.4, -0.2) is 5.78 Å². The predicted octanol–water partition coefficient (Wildman–Crippen LogP) is 3.54. The van der Waals surface area contributed by atoms with E-state index in [1.54, 1.807) is 0 Å². The van der Waals surface area contributed by atoms with E-state index < -0.39 is 0 Å². The molecule has 6 aliphatic carbocycles. The van der Waals surface area contributed by atoms with Crippen LogP contribution in [-0.2, 0) is 4.79 Å². The molecule has 6 rings (SSSR count). The van der Waals surface area contributed by atoms with Crippen LogP contribution in [0, 0.1) is 40.9 Å². The third kappa shape index (κ3) is 0.978. The molecule has 1 nitrogen and oxygen atoms in total. The highest BCUT2D eigenvalue weighted by Gasteiger charge is 2.68. The third-order valence-corrected chi connectivity index (χ3v) is 6.96. The van der Waals surface area contributed by atoms with Gasteiger partial charge in [-0.3, -0.25) is 4.79 Å². The van der Waals surface area contributed by atoms with Gasteiger partial charge in [-0.05, 0) is 55.4 Å². The topological polar surface area (TPSA) is 17.1 Å². The first-order valence-electron chi connectivity index (χ1n) is 7.82. The van der Waals surface area contributed by atoms with Gasteiger partial charge in [0.25, 0.3) is 0 Å². The Kier molecular flexibility index (Phi) is 1.76. The van der Waals surface area contributed by atoms with E-state index in [-0.39, 0.29) is 11.3 Å². The zero-order valence-electron chi connectivity index (χ0n) is 11.4. The first kappa shape index (κ1) is 10.7. The van der Waals surface area contributed by atoms with Crippen LogP contribution in [0.3, 0.4) is 0 Å². The highest BCUT2D eigenvalue weighted by atomic mass is 16.1. The molecule has 2 fully saturated rings. The number of hydrogen-bond acceptors (Lipinski definition) is 1. The van der Waals surface area contributed by atoms with Crippen LogP contribution in [0.4, 0.5) is 0 Å². The Morgan fingerprint density at radius 1 is 1.11 bits per heavy atom. The van der Waals surface area contributed by atoms with E-state index in [2.05, 4.69) is 30.4 Å². The Balaban J connectivity index is 1.76. The standard InChI is InChI=1S/C18H20O/c1-10-8-11-3-5-16(17(10)19)18-13-4-2-12(9-13)15(18)7-6-14(11)18/h3,5-8,11-16H,2,4,9H2,1H3. The molecule has 0 heterocycles. The van der Waals surface area contributed by atoms with E-state index in [0.717, 1.165) is 17.4 Å². The average molecular weight is 252 g/mol. The average Bonchev–Trinajstić information content (AvgIpc) is 3.05. The number of fused-ring (bicyclic) bond motifs is 4. The summed E-state index contributed by atoms with van der Waals surface area (Å²) in [7, 11) is 0. The smallest absolute Gasteiger partial charge is 0.165 e. The molecule has 1 spiro atoms. The molecule has 6 aliphatic rings. The van der Waals surface area contributed by atoms with Crippen molar-refractivity contribution >= 4 is 5.78 Å². The van der Waals surface area contributed by atoms with Gasteiger partial charge in [-0.2, -0.15) is 0 Å². The molecule has 2 saturated carbocycles. The molecule has 4 bridgehead atoms. The maximum absolute atomic E-state index is 12.8. The van der Waals surface area contributed by atoms with Gasteiger partial charge in [-0.1, -0.05) is 30.4 Å². The zero-order valence-corrected chi connectivity index (χ0v) is 11.4. The summed E-state index contributed by atoms with van der Waals surface area (Å²) in [4.78, 5) is 12.8. The van der Waals surface area contributed by atoms with Gasteiger partial charge in [0.05, 0.1) is 0 Å². The van der Waals surface area contributed by atoms with Gasteiger partial charge in [0, 0.05) is 17.3 Å². The largest absolute Gasteiger partial charge is 0.294 e. The lowest BCUT2D eigenvalue weighted by Gasteiger charge is -2.50. The molecule has 7 atom stereocenters. The van der Waals surface area contributed by atoms with Crippen molar-refractivity contribution in [1.82, 2.24) is 0 Å². The van der Waals surface area contributed by atoms with Crippen LogP contribution in [0.1, 0.15) is 26.2 Å². The number of carbonyl (C=O) groups is 1. The molecule has 0 N–H and O–H groups in total. The second-order valence-corrected chi connectivity index (χ2v) is 7.36. The van der Waals surface area contributed by atoms with Gasteiger partial charge >= 0.3 is 0 Å². The van der Waals surface area contributed by atoms with Crippen molar-refractivity contribution in [1.29, 1.82) is 0 Å². The Morgan fingerprint density at radius 2 is 1.95 bits per heavy atom. The number of carbonyl (C=O) groups excluding carboxylic acids is 1. The van der Waals surface area contributed by atoms with E-state index in [1.807, 2.05) is 6.92 Å². The predicted molar refractivity (Wildman–Crippen MR) is 74.3 cm³/mol. The molecule has 0 saturated heterocycles. The van der Waals surface area contributed by atoms with Crippen molar-refractivity contribution in [3.8, 4) is 0 Å². The molecule has 0 aliphatic heterocycles. The minimum Gasteiger partial charge on any atom is -0.294 e. The molecule has 19 heavy (non-hydrogen) atoms. The molecular weight excluding hydrogens is 232 g/mol. The summed E-state index contributed by atoms with van der Waals surface area (Å²) in [6, 6.07) is 0. The lowest BCUT2D eigenvalue weighted by molar-refractivity contribution is -0.125. The third-order valence-electron chi connectivity index (χ3n) is 6.96. The lowest BCUT2D eigenvalue weighted by atomic mass is 9.52. The molecular formula is C18H20O.